The number of nitrogens with zero attached hydrogens (tertiary/aromatic N) is 2. The van der Waals surface area contributed by atoms with E-state index in [4.69, 9.17) is 0 Å². The molecule has 1 heterocycles. The van der Waals surface area contributed by atoms with Crippen molar-refractivity contribution in [3.8, 4) is 0 Å². The van der Waals surface area contributed by atoms with E-state index in [-0.39, 0.29) is 18.4 Å². The standard InChI is InChI=1S/C19H27N3O3/c1-13(2)18(19(24)25)20-17(23)12-22-10-9-21(11-14-7-8-14)15-5-3-4-6-16(15)22/h3-6,13-14,18H,7-12H2,1-2H3,(H,20,23)(H,24,25)/t18-/m0/s1. The number of amides is 1. The molecule has 0 spiro atoms. The number of carbonyl (C=O) groups excluding carboxylic acids is 1. The predicted octanol–water partition coefficient (Wildman–Crippen LogP) is 1.95. The summed E-state index contributed by atoms with van der Waals surface area (Å²) in [6.45, 7) is 6.54. The van der Waals surface area contributed by atoms with E-state index in [0.717, 1.165) is 31.2 Å². The summed E-state index contributed by atoms with van der Waals surface area (Å²) in [5.74, 6) is -0.570. The predicted molar refractivity (Wildman–Crippen MR) is 98.0 cm³/mol. The van der Waals surface area contributed by atoms with E-state index in [1.54, 1.807) is 13.8 Å². The van der Waals surface area contributed by atoms with Crippen LogP contribution in [0.2, 0.25) is 0 Å². The normalized spacial score (nSPS) is 18.0. The van der Waals surface area contributed by atoms with Gasteiger partial charge in [-0.25, -0.2) is 4.79 Å². The summed E-state index contributed by atoms with van der Waals surface area (Å²) < 4.78 is 0. The van der Waals surface area contributed by atoms with Crippen LogP contribution < -0.4 is 15.1 Å². The molecule has 1 aliphatic carbocycles. The molecule has 25 heavy (non-hydrogen) atoms. The van der Waals surface area contributed by atoms with Crippen molar-refractivity contribution < 1.29 is 14.7 Å². The Balaban J connectivity index is 1.68. The number of carbonyl (C=O) groups is 2. The Bertz CT molecular complexity index is 643. The van der Waals surface area contributed by atoms with E-state index in [0.29, 0.717) is 0 Å². The van der Waals surface area contributed by atoms with Crippen molar-refractivity contribution in [2.24, 2.45) is 11.8 Å². The topological polar surface area (TPSA) is 72.9 Å². The van der Waals surface area contributed by atoms with Crippen molar-refractivity contribution in [2.75, 3.05) is 36.0 Å². The molecule has 1 saturated carbocycles. The van der Waals surface area contributed by atoms with Crippen molar-refractivity contribution in [1.29, 1.82) is 0 Å². The molecule has 1 aromatic carbocycles. The van der Waals surface area contributed by atoms with Crippen LogP contribution in [0.1, 0.15) is 26.7 Å². The van der Waals surface area contributed by atoms with Gasteiger partial charge >= 0.3 is 5.97 Å². The number of aliphatic carboxylic acids is 1. The maximum absolute atomic E-state index is 12.4. The molecular weight excluding hydrogens is 318 g/mol. The molecule has 1 atom stereocenters. The number of nitrogens with one attached hydrogen (secondary N) is 1. The van der Waals surface area contributed by atoms with Gasteiger partial charge in [-0.1, -0.05) is 26.0 Å². The smallest absolute Gasteiger partial charge is 0.326 e. The van der Waals surface area contributed by atoms with Crippen LogP contribution in [-0.4, -0.2) is 49.2 Å². The maximum atomic E-state index is 12.4. The molecule has 0 unspecified atom stereocenters. The second-order valence-corrected chi connectivity index (χ2v) is 7.43. The highest BCUT2D eigenvalue weighted by atomic mass is 16.4. The van der Waals surface area contributed by atoms with Gasteiger partial charge < -0.3 is 20.2 Å². The number of hydrogen-bond donors (Lipinski definition) is 2. The van der Waals surface area contributed by atoms with Crippen LogP contribution >= 0.6 is 0 Å². The molecule has 0 aromatic heterocycles. The van der Waals surface area contributed by atoms with Crippen LogP contribution in [0.4, 0.5) is 11.4 Å². The molecule has 6 nitrogen and oxygen atoms in total. The van der Waals surface area contributed by atoms with Crippen molar-refractivity contribution in [3.05, 3.63) is 24.3 Å². The van der Waals surface area contributed by atoms with Gasteiger partial charge in [-0.3, -0.25) is 4.79 Å². The lowest BCUT2D eigenvalue weighted by molar-refractivity contribution is -0.142. The Morgan fingerprint density at radius 2 is 1.76 bits per heavy atom. The zero-order valence-electron chi connectivity index (χ0n) is 14.9. The fraction of sp³-hybridized carbons (Fsp3) is 0.579. The Hall–Kier alpha value is -2.24. The monoisotopic (exact) mass is 345 g/mol. The van der Waals surface area contributed by atoms with Gasteiger partial charge in [-0.05, 0) is 36.8 Å². The molecule has 6 heteroatoms. The van der Waals surface area contributed by atoms with Gasteiger partial charge in [0.05, 0.1) is 17.9 Å². The van der Waals surface area contributed by atoms with E-state index in [1.165, 1.54) is 18.5 Å². The van der Waals surface area contributed by atoms with Gasteiger partial charge in [0, 0.05) is 19.6 Å². The third kappa shape index (κ3) is 4.24. The average molecular weight is 345 g/mol. The van der Waals surface area contributed by atoms with Crippen molar-refractivity contribution in [1.82, 2.24) is 5.32 Å². The van der Waals surface area contributed by atoms with Crippen LogP contribution in [0.5, 0.6) is 0 Å². The first-order chi connectivity index (χ1) is 12.0. The highest BCUT2D eigenvalue weighted by Gasteiger charge is 2.30. The molecular formula is C19H27N3O3. The minimum atomic E-state index is -0.988. The minimum Gasteiger partial charge on any atom is -0.480 e. The van der Waals surface area contributed by atoms with Gasteiger partial charge in [-0.2, -0.15) is 0 Å². The summed E-state index contributed by atoms with van der Waals surface area (Å²) in [6, 6.07) is 7.31. The lowest BCUT2D eigenvalue weighted by Crippen LogP contribution is -2.50. The average Bonchev–Trinajstić information content (AvgIpc) is 3.38. The number of para-hydroxylation sites is 2. The number of hydrogen-bond acceptors (Lipinski definition) is 4. The van der Waals surface area contributed by atoms with Gasteiger partial charge in [0.25, 0.3) is 0 Å². The van der Waals surface area contributed by atoms with Crippen LogP contribution in [0.3, 0.4) is 0 Å². The lowest BCUT2D eigenvalue weighted by atomic mass is 10.0. The maximum Gasteiger partial charge on any atom is 0.326 e. The first-order valence-corrected chi connectivity index (χ1v) is 9.07. The summed E-state index contributed by atoms with van der Waals surface area (Å²) >= 11 is 0. The van der Waals surface area contributed by atoms with Gasteiger partial charge in [-0.15, -0.1) is 0 Å². The Labute approximate surface area is 148 Å². The van der Waals surface area contributed by atoms with E-state index in [2.05, 4.69) is 16.3 Å². The number of carboxylic acids is 1. The fourth-order valence-electron chi connectivity index (χ4n) is 3.35. The van der Waals surface area contributed by atoms with Crippen molar-refractivity contribution in [2.45, 2.75) is 32.7 Å². The molecule has 3 rings (SSSR count). The Morgan fingerprint density at radius 1 is 1.16 bits per heavy atom. The first-order valence-electron chi connectivity index (χ1n) is 9.07. The summed E-state index contributed by atoms with van der Waals surface area (Å²) in [5, 5.41) is 11.9. The number of carboxylic acid groups (broad SMARTS) is 1. The van der Waals surface area contributed by atoms with Crippen LogP contribution in [0.25, 0.3) is 0 Å². The molecule has 0 bridgehead atoms. The molecule has 2 N–H and O–H groups in total. The minimum absolute atomic E-state index is 0.149. The van der Waals surface area contributed by atoms with E-state index < -0.39 is 12.0 Å². The first kappa shape index (κ1) is 17.6. The molecule has 2 aliphatic rings. The van der Waals surface area contributed by atoms with Gasteiger partial charge in [0.15, 0.2) is 0 Å². The second kappa shape index (κ2) is 7.33. The molecule has 0 saturated heterocycles. The van der Waals surface area contributed by atoms with E-state index in [9.17, 15) is 14.7 Å². The molecule has 0 radical (unpaired) electrons. The quantitative estimate of drug-likeness (QED) is 0.790. The van der Waals surface area contributed by atoms with E-state index >= 15 is 0 Å². The molecule has 1 amide bonds. The molecule has 1 fully saturated rings. The van der Waals surface area contributed by atoms with Crippen LogP contribution in [0.15, 0.2) is 24.3 Å². The summed E-state index contributed by atoms with van der Waals surface area (Å²) in [4.78, 5) is 28.1. The molecule has 1 aliphatic heterocycles. The Kier molecular flexibility index (Phi) is 5.16. The number of fused-ring (bicyclic) bond motifs is 1. The highest BCUT2D eigenvalue weighted by Crippen LogP contribution is 2.37. The fourth-order valence-corrected chi connectivity index (χ4v) is 3.35. The largest absolute Gasteiger partial charge is 0.480 e. The molecule has 1 aromatic rings. The number of benzene rings is 1. The summed E-state index contributed by atoms with van der Waals surface area (Å²) in [7, 11) is 0. The SMILES string of the molecule is CC(C)[C@H](NC(=O)CN1CCN(CC2CC2)c2ccccc21)C(=O)O. The second-order valence-electron chi connectivity index (χ2n) is 7.43. The zero-order chi connectivity index (χ0) is 18.0. The number of rotatable bonds is 7. The Morgan fingerprint density at radius 3 is 2.32 bits per heavy atom. The van der Waals surface area contributed by atoms with Crippen molar-refractivity contribution >= 4 is 23.3 Å². The van der Waals surface area contributed by atoms with E-state index in [1.807, 2.05) is 23.1 Å². The van der Waals surface area contributed by atoms with Crippen LogP contribution in [-0.2, 0) is 9.59 Å². The van der Waals surface area contributed by atoms with Gasteiger partial charge in [0.2, 0.25) is 5.91 Å². The van der Waals surface area contributed by atoms with Crippen molar-refractivity contribution in [3.63, 3.8) is 0 Å². The summed E-state index contributed by atoms with van der Waals surface area (Å²) in [6.07, 6.45) is 2.63. The third-order valence-electron chi connectivity index (χ3n) is 4.96. The third-order valence-corrected chi connectivity index (χ3v) is 4.96. The lowest BCUT2D eigenvalue weighted by Gasteiger charge is -2.39. The molecule has 136 valence electrons. The summed E-state index contributed by atoms with van der Waals surface area (Å²) in [5.41, 5.74) is 2.23. The van der Waals surface area contributed by atoms with Crippen LogP contribution in [0, 0.1) is 11.8 Å². The number of anilines is 2. The van der Waals surface area contributed by atoms with Gasteiger partial charge in [0.1, 0.15) is 6.04 Å². The zero-order valence-corrected chi connectivity index (χ0v) is 14.9. The highest BCUT2D eigenvalue weighted by molar-refractivity contribution is 5.88.